The van der Waals surface area contributed by atoms with Gasteiger partial charge in [0.05, 0.1) is 36.4 Å². The van der Waals surface area contributed by atoms with Crippen LogP contribution in [0.25, 0.3) is 0 Å². The monoisotopic (exact) mass is 441 g/mol. The van der Waals surface area contributed by atoms with Crippen LogP contribution in [0, 0.1) is 5.92 Å². The molecule has 2 heterocycles. The Kier molecular flexibility index (Phi) is 8.04. The summed E-state index contributed by atoms with van der Waals surface area (Å²) in [5.74, 6) is 0.738. The number of nitrogens with one attached hydrogen (secondary N) is 2. The molecule has 0 saturated carbocycles. The van der Waals surface area contributed by atoms with E-state index in [4.69, 9.17) is 4.74 Å². The van der Waals surface area contributed by atoms with E-state index in [1.165, 1.54) is 0 Å². The molecule has 0 saturated heterocycles. The number of hydrogen-bond acceptors (Lipinski definition) is 7. The molecule has 1 amide bonds. The van der Waals surface area contributed by atoms with Crippen LogP contribution in [-0.2, 0) is 24.4 Å². The van der Waals surface area contributed by atoms with Crippen LogP contribution >= 0.6 is 0 Å². The van der Waals surface area contributed by atoms with Crippen molar-refractivity contribution in [3.63, 3.8) is 0 Å². The first-order chi connectivity index (χ1) is 15.3. The molecule has 1 aliphatic heterocycles. The number of aromatic nitrogens is 2. The number of carbonyl (C=O) groups is 1. The van der Waals surface area contributed by atoms with Gasteiger partial charge < -0.3 is 25.4 Å². The standard InChI is InChI=1S/C24H35N5O3/c1-15(2)23-24(31)28-18(13-30)8-17-6-7-21(9-22(17)29(23)5)32-14-20-12-26-19(11-27-20)10-25-16(3)4/h6-7,9,11-12,15-16,18,23,25,30H,8,10,13-14H2,1-5H3,(H,28,31)/t18-,23-/m1/s1. The summed E-state index contributed by atoms with van der Waals surface area (Å²) in [6, 6.07) is 5.64. The second kappa shape index (κ2) is 10.7. The van der Waals surface area contributed by atoms with Crippen molar-refractivity contribution in [3.8, 4) is 5.75 Å². The smallest absolute Gasteiger partial charge is 0.243 e. The summed E-state index contributed by atoms with van der Waals surface area (Å²) >= 11 is 0. The predicted molar refractivity (Wildman–Crippen MR) is 125 cm³/mol. The van der Waals surface area contributed by atoms with E-state index >= 15 is 0 Å². The molecular weight excluding hydrogens is 406 g/mol. The average Bonchev–Trinajstić information content (AvgIpc) is 2.76. The maximum atomic E-state index is 12.8. The zero-order valence-electron chi connectivity index (χ0n) is 19.6. The van der Waals surface area contributed by atoms with E-state index in [1.54, 1.807) is 12.4 Å². The molecule has 0 radical (unpaired) electrons. The lowest BCUT2D eigenvalue weighted by molar-refractivity contribution is -0.124. The summed E-state index contributed by atoms with van der Waals surface area (Å²) in [5, 5.41) is 16.0. The summed E-state index contributed by atoms with van der Waals surface area (Å²) in [6.07, 6.45) is 4.07. The van der Waals surface area contributed by atoms with E-state index in [9.17, 15) is 9.90 Å². The summed E-state index contributed by atoms with van der Waals surface area (Å²) in [6.45, 7) is 9.12. The van der Waals surface area contributed by atoms with Crippen LogP contribution in [0.3, 0.4) is 0 Å². The van der Waals surface area contributed by atoms with Crippen molar-refractivity contribution in [1.82, 2.24) is 20.6 Å². The average molecular weight is 442 g/mol. The van der Waals surface area contributed by atoms with Gasteiger partial charge in [0.15, 0.2) is 0 Å². The Morgan fingerprint density at radius 2 is 1.94 bits per heavy atom. The van der Waals surface area contributed by atoms with Crippen LogP contribution in [0.1, 0.15) is 44.6 Å². The Balaban J connectivity index is 1.75. The summed E-state index contributed by atoms with van der Waals surface area (Å²) in [7, 11) is 1.93. The van der Waals surface area contributed by atoms with E-state index < -0.39 is 0 Å². The highest BCUT2D eigenvalue weighted by Gasteiger charge is 2.32. The molecular formula is C24H35N5O3. The van der Waals surface area contributed by atoms with E-state index in [1.807, 2.05) is 44.0 Å². The first-order valence-electron chi connectivity index (χ1n) is 11.2. The number of ether oxygens (including phenoxy) is 1. The van der Waals surface area contributed by atoms with Crippen molar-refractivity contribution in [1.29, 1.82) is 0 Å². The van der Waals surface area contributed by atoms with Gasteiger partial charge in [0.25, 0.3) is 0 Å². The first kappa shape index (κ1) is 23.9. The van der Waals surface area contributed by atoms with Crippen molar-refractivity contribution in [2.24, 2.45) is 5.92 Å². The summed E-state index contributed by atoms with van der Waals surface area (Å²) in [5.41, 5.74) is 3.64. The van der Waals surface area contributed by atoms with E-state index in [0.717, 1.165) is 22.6 Å². The molecule has 1 aromatic heterocycles. The summed E-state index contributed by atoms with van der Waals surface area (Å²) < 4.78 is 6.00. The van der Waals surface area contributed by atoms with E-state index in [-0.39, 0.29) is 30.5 Å². The fourth-order valence-electron chi connectivity index (χ4n) is 3.94. The van der Waals surface area contributed by atoms with Crippen molar-refractivity contribution in [2.75, 3.05) is 18.6 Å². The van der Waals surface area contributed by atoms with Crippen LogP contribution in [0.5, 0.6) is 5.75 Å². The molecule has 2 aromatic rings. The SMILES string of the molecule is CC(C)NCc1cnc(COc2ccc3c(c2)N(C)[C@H](C(C)C)C(=O)N[C@@H](CO)C3)cn1. The largest absolute Gasteiger partial charge is 0.487 e. The molecule has 2 atom stereocenters. The zero-order valence-corrected chi connectivity index (χ0v) is 19.6. The number of likely N-dealkylation sites (N-methyl/N-ethyl adjacent to an activating group) is 1. The van der Waals surface area contributed by atoms with Gasteiger partial charge in [-0.25, -0.2) is 0 Å². The van der Waals surface area contributed by atoms with E-state index in [2.05, 4.69) is 34.4 Å². The van der Waals surface area contributed by atoms with Gasteiger partial charge >= 0.3 is 0 Å². The van der Waals surface area contributed by atoms with Gasteiger partial charge in [-0.1, -0.05) is 33.8 Å². The molecule has 8 nitrogen and oxygen atoms in total. The Hall–Kier alpha value is -2.71. The highest BCUT2D eigenvalue weighted by atomic mass is 16.5. The Bertz CT molecular complexity index is 901. The third-order valence-corrected chi connectivity index (χ3v) is 5.62. The minimum Gasteiger partial charge on any atom is -0.487 e. The number of carbonyl (C=O) groups excluding carboxylic acids is 1. The number of rotatable bonds is 8. The molecule has 0 unspecified atom stereocenters. The first-order valence-corrected chi connectivity index (χ1v) is 11.2. The third-order valence-electron chi connectivity index (χ3n) is 5.62. The van der Waals surface area contributed by atoms with Gasteiger partial charge in [0, 0.05) is 31.4 Å². The zero-order chi connectivity index (χ0) is 23.3. The van der Waals surface area contributed by atoms with Gasteiger partial charge in [0.1, 0.15) is 18.4 Å². The molecule has 0 bridgehead atoms. The molecule has 8 heteroatoms. The second-order valence-corrected chi connectivity index (χ2v) is 9.01. The fourth-order valence-corrected chi connectivity index (χ4v) is 3.94. The van der Waals surface area contributed by atoms with Crippen molar-refractivity contribution < 1.29 is 14.6 Å². The number of fused-ring (bicyclic) bond motifs is 1. The Labute approximate surface area is 190 Å². The number of amides is 1. The van der Waals surface area contributed by atoms with Crippen LogP contribution in [-0.4, -0.2) is 52.8 Å². The summed E-state index contributed by atoms with van der Waals surface area (Å²) in [4.78, 5) is 23.7. The fraction of sp³-hybridized carbons (Fsp3) is 0.542. The van der Waals surface area contributed by atoms with Gasteiger partial charge in [-0.2, -0.15) is 0 Å². The lowest BCUT2D eigenvalue weighted by Gasteiger charge is -2.37. The van der Waals surface area contributed by atoms with Crippen LogP contribution < -0.4 is 20.3 Å². The molecule has 3 N–H and O–H groups in total. The number of anilines is 1. The number of benzene rings is 1. The number of nitrogens with zero attached hydrogens (tertiary/aromatic N) is 3. The van der Waals surface area contributed by atoms with Gasteiger partial charge in [-0.15, -0.1) is 0 Å². The molecule has 1 aliphatic rings. The van der Waals surface area contributed by atoms with Crippen LogP contribution in [0.4, 0.5) is 5.69 Å². The van der Waals surface area contributed by atoms with Crippen LogP contribution in [0.15, 0.2) is 30.6 Å². The van der Waals surface area contributed by atoms with Crippen molar-refractivity contribution in [3.05, 3.63) is 47.5 Å². The quantitative estimate of drug-likeness (QED) is 0.577. The molecule has 3 rings (SSSR count). The predicted octanol–water partition coefficient (Wildman–Crippen LogP) is 2.05. The van der Waals surface area contributed by atoms with Gasteiger partial charge in [-0.3, -0.25) is 14.8 Å². The molecule has 1 aromatic carbocycles. The third kappa shape index (κ3) is 5.95. The lowest BCUT2D eigenvalue weighted by atomic mass is 9.95. The molecule has 0 spiro atoms. The number of aliphatic hydroxyl groups excluding tert-OH is 1. The number of aliphatic hydroxyl groups is 1. The normalized spacial score (nSPS) is 18.9. The highest BCUT2D eigenvalue weighted by molar-refractivity contribution is 5.86. The van der Waals surface area contributed by atoms with Crippen molar-refractivity contribution in [2.45, 2.75) is 65.4 Å². The minimum atomic E-state index is -0.337. The van der Waals surface area contributed by atoms with Gasteiger partial charge in [-0.05, 0) is 24.0 Å². The molecule has 32 heavy (non-hydrogen) atoms. The maximum absolute atomic E-state index is 12.8. The number of hydrogen-bond donors (Lipinski definition) is 3. The molecule has 0 aliphatic carbocycles. The van der Waals surface area contributed by atoms with Crippen molar-refractivity contribution >= 4 is 11.6 Å². The molecule has 174 valence electrons. The van der Waals surface area contributed by atoms with Gasteiger partial charge in [0.2, 0.25) is 5.91 Å². The van der Waals surface area contributed by atoms with Crippen LogP contribution in [0.2, 0.25) is 0 Å². The highest BCUT2D eigenvalue weighted by Crippen LogP contribution is 2.31. The lowest BCUT2D eigenvalue weighted by Crippen LogP contribution is -2.54. The Morgan fingerprint density at radius 3 is 2.56 bits per heavy atom. The second-order valence-electron chi connectivity index (χ2n) is 9.01. The van der Waals surface area contributed by atoms with E-state index in [0.29, 0.717) is 31.4 Å². The minimum absolute atomic E-state index is 0.0687. The molecule has 0 fully saturated rings. The topological polar surface area (TPSA) is 99.6 Å². The Morgan fingerprint density at radius 1 is 1.22 bits per heavy atom. The maximum Gasteiger partial charge on any atom is 0.243 e.